The van der Waals surface area contributed by atoms with Gasteiger partial charge in [0, 0.05) is 12.7 Å². The first-order valence-corrected chi connectivity index (χ1v) is 5.50. The van der Waals surface area contributed by atoms with E-state index in [9.17, 15) is 0 Å². The summed E-state index contributed by atoms with van der Waals surface area (Å²) in [6.45, 7) is 7.46. The lowest BCUT2D eigenvalue weighted by Crippen LogP contribution is -1.97. The summed E-state index contributed by atoms with van der Waals surface area (Å²) < 4.78 is 2.06. The van der Waals surface area contributed by atoms with Gasteiger partial charge >= 0.3 is 0 Å². The molecule has 2 aromatic heterocycles. The molecule has 0 aromatic carbocycles. The van der Waals surface area contributed by atoms with E-state index in [-0.39, 0.29) is 0 Å². The molecule has 0 bridgehead atoms. The topological polar surface area (TPSA) is 30.7 Å². The number of aryl methyl sites for hydroxylation is 1. The minimum absolute atomic E-state index is 0.664. The van der Waals surface area contributed by atoms with Gasteiger partial charge in [0.1, 0.15) is 5.52 Å². The van der Waals surface area contributed by atoms with Crippen LogP contribution in [0.15, 0.2) is 18.6 Å². The lowest BCUT2D eigenvalue weighted by Gasteiger charge is -2.04. The molecule has 0 spiro atoms. The van der Waals surface area contributed by atoms with E-state index in [1.54, 1.807) is 0 Å². The molecule has 3 nitrogen and oxygen atoms in total. The number of hydrogen-bond acceptors (Lipinski definition) is 2. The van der Waals surface area contributed by atoms with Crippen LogP contribution in [0, 0.1) is 5.92 Å². The third-order valence-corrected chi connectivity index (χ3v) is 2.50. The second-order valence-electron chi connectivity index (χ2n) is 4.31. The van der Waals surface area contributed by atoms with Gasteiger partial charge < -0.3 is 4.57 Å². The van der Waals surface area contributed by atoms with Gasteiger partial charge in [-0.15, -0.1) is 0 Å². The van der Waals surface area contributed by atoms with E-state index in [0.29, 0.717) is 5.92 Å². The summed E-state index contributed by atoms with van der Waals surface area (Å²) in [5.41, 5.74) is 3.28. The molecule has 0 saturated carbocycles. The van der Waals surface area contributed by atoms with Crippen LogP contribution in [-0.2, 0) is 13.0 Å². The van der Waals surface area contributed by atoms with Crippen molar-refractivity contribution >= 4 is 11.2 Å². The van der Waals surface area contributed by atoms with E-state index < -0.39 is 0 Å². The van der Waals surface area contributed by atoms with Gasteiger partial charge in [-0.2, -0.15) is 0 Å². The summed E-state index contributed by atoms with van der Waals surface area (Å²) in [4.78, 5) is 8.82. The van der Waals surface area contributed by atoms with Crippen LogP contribution < -0.4 is 0 Å². The van der Waals surface area contributed by atoms with Crippen molar-refractivity contribution < 1.29 is 0 Å². The maximum Gasteiger partial charge on any atom is 0.159 e. The summed E-state index contributed by atoms with van der Waals surface area (Å²) in [5.74, 6) is 0.664. The molecule has 15 heavy (non-hydrogen) atoms. The zero-order chi connectivity index (χ0) is 10.8. The first kappa shape index (κ1) is 10.1. The van der Waals surface area contributed by atoms with E-state index in [1.807, 2.05) is 12.5 Å². The number of imidazole rings is 1. The lowest BCUT2D eigenvalue weighted by atomic mass is 10.0. The summed E-state index contributed by atoms with van der Waals surface area (Å²) in [7, 11) is 0. The largest absolute Gasteiger partial charge is 0.316 e. The van der Waals surface area contributed by atoms with Gasteiger partial charge in [-0.05, 0) is 30.9 Å². The maximum atomic E-state index is 4.47. The van der Waals surface area contributed by atoms with E-state index in [2.05, 4.69) is 41.4 Å². The molecule has 2 heterocycles. The molecule has 0 unspecified atom stereocenters. The molecule has 0 aliphatic heterocycles. The molecule has 0 saturated heterocycles. The van der Waals surface area contributed by atoms with Crippen LogP contribution in [-0.4, -0.2) is 14.5 Å². The van der Waals surface area contributed by atoms with Crippen molar-refractivity contribution in [3.05, 3.63) is 24.2 Å². The molecular weight excluding hydrogens is 186 g/mol. The summed E-state index contributed by atoms with van der Waals surface area (Å²) in [6.07, 6.45) is 4.90. The molecule has 3 heteroatoms. The molecule has 2 aromatic rings. The van der Waals surface area contributed by atoms with Crippen molar-refractivity contribution in [2.24, 2.45) is 5.92 Å². The van der Waals surface area contributed by atoms with Crippen LogP contribution in [0.2, 0.25) is 0 Å². The van der Waals surface area contributed by atoms with Gasteiger partial charge in [0.25, 0.3) is 0 Å². The minimum Gasteiger partial charge on any atom is -0.316 e. The van der Waals surface area contributed by atoms with Crippen LogP contribution in [0.25, 0.3) is 11.2 Å². The number of rotatable bonds is 3. The van der Waals surface area contributed by atoms with E-state index in [0.717, 1.165) is 24.1 Å². The fourth-order valence-corrected chi connectivity index (χ4v) is 1.80. The highest BCUT2D eigenvalue weighted by Crippen LogP contribution is 2.14. The predicted octanol–water partition coefficient (Wildman–Crippen LogP) is 2.65. The predicted molar refractivity (Wildman–Crippen MR) is 61.7 cm³/mol. The number of pyridine rings is 1. The Bertz CT molecular complexity index is 457. The van der Waals surface area contributed by atoms with Crippen molar-refractivity contribution in [2.75, 3.05) is 0 Å². The highest BCUT2D eigenvalue weighted by atomic mass is 15.1. The van der Waals surface area contributed by atoms with Crippen LogP contribution in [0.5, 0.6) is 0 Å². The van der Waals surface area contributed by atoms with Crippen molar-refractivity contribution in [3.63, 3.8) is 0 Å². The number of nitrogens with zero attached hydrogens (tertiary/aromatic N) is 3. The zero-order valence-corrected chi connectivity index (χ0v) is 9.57. The van der Waals surface area contributed by atoms with Gasteiger partial charge in [-0.3, -0.25) is 0 Å². The normalized spacial score (nSPS) is 11.5. The third kappa shape index (κ3) is 2.01. The Balaban J connectivity index is 2.39. The molecule has 0 aliphatic rings. The van der Waals surface area contributed by atoms with E-state index in [4.69, 9.17) is 0 Å². The Hall–Kier alpha value is -1.38. The summed E-state index contributed by atoms with van der Waals surface area (Å²) >= 11 is 0. The van der Waals surface area contributed by atoms with Gasteiger partial charge in [0.05, 0.1) is 6.33 Å². The van der Waals surface area contributed by atoms with Crippen LogP contribution in [0.4, 0.5) is 0 Å². The van der Waals surface area contributed by atoms with Crippen LogP contribution >= 0.6 is 0 Å². The quantitative estimate of drug-likeness (QED) is 0.767. The second-order valence-corrected chi connectivity index (χ2v) is 4.31. The van der Waals surface area contributed by atoms with Gasteiger partial charge in [0.2, 0.25) is 0 Å². The number of fused-ring (bicyclic) bond motifs is 1. The molecule has 80 valence electrons. The Labute approximate surface area is 90.2 Å². The summed E-state index contributed by atoms with van der Waals surface area (Å²) in [5, 5.41) is 0. The molecule has 0 aliphatic carbocycles. The van der Waals surface area contributed by atoms with Gasteiger partial charge in [-0.1, -0.05) is 13.8 Å². The van der Waals surface area contributed by atoms with E-state index >= 15 is 0 Å². The number of aromatic nitrogens is 3. The maximum absolute atomic E-state index is 4.47. The second kappa shape index (κ2) is 4.01. The molecule has 0 N–H and O–H groups in total. The van der Waals surface area contributed by atoms with Crippen LogP contribution in [0.3, 0.4) is 0 Å². The molecular formula is C12H17N3. The molecule has 2 rings (SSSR count). The zero-order valence-electron chi connectivity index (χ0n) is 9.57. The fraction of sp³-hybridized carbons (Fsp3) is 0.500. The van der Waals surface area contributed by atoms with Crippen molar-refractivity contribution in [1.82, 2.24) is 14.5 Å². The fourth-order valence-electron chi connectivity index (χ4n) is 1.80. The SMILES string of the molecule is CCn1cnc2cc(CC(C)C)cnc21. The lowest BCUT2D eigenvalue weighted by molar-refractivity contribution is 0.646. The van der Waals surface area contributed by atoms with Gasteiger partial charge in [0.15, 0.2) is 5.65 Å². The average molecular weight is 203 g/mol. The molecule has 0 amide bonds. The molecule has 0 fully saturated rings. The van der Waals surface area contributed by atoms with Crippen LogP contribution in [0.1, 0.15) is 26.3 Å². The van der Waals surface area contributed by atoms with Crippen molar-refractivity contribution in [3.8, 4) is 0 Å². The first-order valence-electron chi connectivity index (χ1n) is 5.50. The molecule has 0 atom stereocenters. The first-order chi connectivity index (χ1) is 7.20. The Morgan fingerprint density at radius 3 is 2.80 bits per heavy atom. The number of hydrogen-bond donors (Lipinski definition) is 0. The Kier molecular flexibility index (Phi) is 2.71. The highest BCUT2D eigenvalue weighted by molar-refractivity contribution is 5.71. The smallest absolute Gasteiger partial charge is 0.159 e. The van der Waals surface area contributed by atoms with Gasteiger partial charge in [-0.25, -0.2) is 9.97 Å². The summed E-state index contributed by atoms with van der Waals surface area (Å²) in [6, 6.07) is 2.15. The molecule has 0 radical (unpaired) electrons. The minimum atomic E-state index is 0.664. The van der Waals surface area contributed by atoms with Crippen molar-refractivity contribution in [1.29, 1.82) is 0 Å². The standard InChI is InChI=1S/C12H17N3/c1-4-15-8-14-11-6-10(5-9(2)3)7-13-12(11)15/h6-9H,4-5H2,1-3H3. The van der Waals surface area contributed by atoms with E-state index in [1.165, 1.54) is 5.56 Å². The average Bonchev–Trinajstić information content (AvgIpc) is 2.58. The monoisotopic (exact) mass is 203 g/mol. The Morgan fingerprint density at radius 2 is 2.13 bits per heavy atom. The Morgan fingerprint density at radius 1 is 1.33 bits per heavy atom. The van der Waals surface area contributed by atoms with Crippen molar-refractivity contribution in [2.45, 2.75) is 33.7 Å². The highest BCUT2D eigenvalue weighted by Gasteiger charge is 2.04. The third-order valence-electron chi connectivity index (χ3n) is 2.50.